The first-order valence-corrected chi connectivity index (χ1v) is 7.25. The molecule has 0 spiro atoms. The van der Waals surface area contributed by atoms with Crippen LogP contribution in [0.4, 0.5) is 5.69 Å². The molecule has 3 N–H and O–H groups in total. The Morgan fingerprint density at radius 3 is 2.62 bits per heavy atom. The fourth-order valence-electron chi connectivity index (χ4n) is 2.96. The van der Waals surface area contributed by atoms with Crippen LogP contribution in [0, 0.1) is 13.8 Å². The van der Waals surface area contributed by atoms with E-state index in [4.69, 9.17) is 5.73 Å². The maximum Gasteiger partial charge on any atom is 0.231 e. The van der Waals surface area contributed by atoms with Gasteiger partial charge in [0.25, 0.3) is 0 Å². The number of nitrogens with one attached hydrogen (secondary N) is 1. The average molecular weight is 280 g/mol. The molecule has 2 aromatic rings. The minimum Gasteiger partial charge on any atom is -0.325 e. The molecular weight excluding hydrogens is 260 g/mol. The van der Waals surface area contributed by atoms with Crippen molar-refractivity contribution in [3.8, 4) is 0 Å². The van der Waals surface area contributed by atoms with Gasteiger partial charge in [-0.1, -0.05) is 42.0 Å². The summed E-state index contributed by atoms with van der Waals surface area (Å²) in [6.45, 7) is 6.01. The molecule has 108 valence electrons. The number of rotatable bonds is 2. The van der Waals surface area contributed by atoms with Crippen molar-refractivity contribution in [3.63, 3.8) is 0 Å². The zero-order chi connectivity index (χ0) is 15.1. The van der Waals surface area contributed by atoms with Crippen molar-refractivity contribution in [1.29, 1.82) is 0 Å². The number of benzene rings is 2. The lowest BCUT2D eigenvalue weighted by Gasteiger charge is -2.16. The minimum absolute atomic E-state index is 0.0642. The summed E-state index contributed by atoms with van der Waals surface area (Å²) in [7, 11) is 0. The van der Waals surface area contributed by atoms with Gasteiger partial charge in [0.05, 0.1) is 12.0 Å². The fourth-order valence-corrected chi connectivity index (χ4v) is 2.96. The zero-order valence-corrected chi connectivity index (χ0v) is 12.6. The number of nitrogens with two attached hydrogens (primary N) is 1. The summed E-state index contributed by atoms with van der Waals surface area (Å²) in [4.78, 5) is 11.8. The molecule has 3 rings (SSSR count). The summed E-state index contributed by atoms with van der Waals surface area (Å²) < 4.78 is 0. The van der Waals surface area contributed by atoms with Crippen LogP contribution in [0.5, 0.6) is 0 Å². The number of fused-ring (bicyclic) bond motifs is 1. The summed E-state index contributed by atoms with van der Waals surface area (Å²) in [6, 6.07) is 12.2. The molecule has 2 aromatic carbocycles. The van der Waals surface area contributed by atoms with Gasteiger partial charge in [-0.05, 0) is 43.0 Å². The minimum atomic E-state index is -0.170. The first-order valence-electron chi connectivity index (χ1n) is 7.25. The van der Waals surface area contributed by atoms with E-state index in [9.17, 15) is 4.79 Å². The maximum absolute atomic E-state index is 11.8. The highest BCUT2D eigenvalue weighted by Gasteiger charge is 2.28. The number of anilines is 1. The molecule has 1 aliphatic heterocycles. The third kappa shape index (κ3) is 2.34. The van der Waals surface area contributed by atoms with Crippen LogP contribution in [0.25, 0.3) is 0 Å². The van der Waals surface area contributed by atoms with Gasteiger partial charge in [-0.2, -0.15) is 0 Å². The van der Waals surface area contributed by atoms with E-state index in [1.54, 1.807) is 0 Å². The van der Waals surface area contributed by atoms with Crippen LogP contribution in [0.2, 0.25) is 0 Å². The van der Waals surface area contributed by atoms with Crippen molar-refractivity contribution in [1.82, 2.24) is 0 Å². The summed E-state index contributed by atoms with van der Waals surface area (Å²) in [6.07, 6.45) is 0. The van der Waals surface area contributed by atoms with Gasteiger partial charge in [-0.25, -0.2) is 0 Å². The van der Waals surface area contributed by atoms with Crippen molar-refractivity contribution < 1.29 is 4.79 Å². The summed E-state index contributed by atoms with van der Waals surface area (Å²) >= 11 is 0. The molecular formula is C18H20N2O. The van der Waals surface area contributed by atoms with Crippen molar-refractivity contribution >= 4 is 11.6 Å². The smallest absolute Gasteiger partial charge is 0.231 e. The lowest BCUT2D eigenvalue weighted by Crippen LogP contribution is -2.12. The molecule has 1 heterocycles. The van der Waals surface area contributed by atoms with Crippen molar-refractivity contribution in [3.05, 3.63) is 64.2 Å². The Morgan fingerprint density at radius 2 is 1.90 bits per heavy atom. The van der Waals surface area contributed by atoms with Gasteiger partial charge < -0.3 is 11.1 Å². The highest BCUT2D eigenvalue weighted by atomic mass is 16.2. The maximum atomic E-state index is 11.8. The van der Waals surface area contributed by atoms with Gasteiger partial charge in [-0.15, -0.1) is 0 Å². The SMILES string of the molecule is Cc1cccc(C(N)c2cc(C)c3c(c2)C(C)C(=O)N3)c1. The lowest BCUT2D eigenvalue weighted by atomic mass is 9.92. The Hall–Kier alpha value is -2.13. The number of amides is 1. The quantitative estimate of drug-likeness (QED) is 0.885. The molecule has 21 heavy (non-hydrogen) atoms. The summed E-state index contributed by atoms with van der Waals surface area (Å²) in [5.74, 6) is -0.0438. The molecule has 2 atom stereocenters. The Bertz CT molecular complexity index is 721. The van der Waals surface area contributed by atoms with E-state index >= 15 is 0 Å². The van der Waals surface area contributed by atoms with E-state index in [-0.39, 0.29) is 17.9 Å². The average Bonchev–Trinajstić information content (AvgIpc) is 2.75. The van der Waals surface area contributed by atoms with Crippen LogP contribution in [0.3, 0.4) is 0 Å². The van der Waals surface area contributed by atoms with E-state index in [0.29, 0.717) is 0 Å². The largest absolute Gasteiger partial charge is 0.325 e. The van der Waals surface area contributed by atoms with Crippen LogP contribution < -0.4 is 11.1 Å². The Kier molecular flexibility index (Phi) is 3.30. The normalized spacial score (nSPS) is 18.3. The van der Waals surface area contributed by atoms with Crippen molar-refractivity contribution in [2.75, 3.05) is 5.32 Å². The second-order valence-corrected chi connectivity index (χ2v) is 5.90. The number of carbonyl (C=O) groups is 1. The number of hydrogen-bond acceptors (Lipinski definition) is 2. The van der Waals surface area contributed by atoms with Gasteiger partial charge in [0.2, 0.25) is 5.91 Å². The van der Waals surface area contributed by atoms with Crippen LogP contribution in [0.15, 0.2) is 36.4 Å². The predicted octanol–water partition coefficient (Wildman–Crippen LogP) is 3.41. The topological polar surface area (TPSA) is 55.1 Å². The second kappa shape index (κ2) is 5.01. The second-order valence-electron chi connectivity index (χ2n) is 5.90. The fraction of sp³-hybridized carbons (Fsp3) is 0.278. The van der Waals surface area contributed by atoms with E-state index in [1.807, 2.05) is 26.0 Å². The molecule has 0 aliphatic carbocycles. The highest BCUT2D eigenvalue weighted by molar-refractivity contribution is 6.03. The molecule has 3 heteroatoms. The summed E-state index contributed by atoms with van der Waals surface area (Å²) in [5.41, 5.74) is 12.9. The zero-order valence-electron chi connectivity index (χ0n) is 12.6. The van der Waals surface area contributed by atoms with E-state index in [1.165, 1.54) is 5.56 Å². The molecule has 0 radical (unpaired) electrons. The first-order chi connectivity index (χ1) is 9.97. The molecule has 0 aromatic heterocycles. The van der Waals surface area contributed by atoms with Crippen molar-refractivity contribution in [2.24, 2.45) is 5.73 Å². The van der Waals surface area contributed by atoms with Gasteiger partial charge >= 0.3 is 0 Å². The predicted molar refractivity (Wildman–Crippen MR) is 85.4 cm³/mol. The molecule has 3 nitrogen and oxygen atoms in total. The monoisotopic (exact) mass is 280 g/mol. The molecule has 2 unspecified atom stereocenters. The molecule has 1 aliphatic rings. The van der Waals surface area contributed by atoms with Crippen LogP contribution in [-0.4, -0.2) is 5.91 Å². The van der Waals surface area contributed by atoms with E-state index in [0.717, 1.165) is 27.9 Å². The third-order valence-corrected chi connectivity index (χ3v) is 4.26. The Balaban J connectivity index is 2.05. The number of aryl methyl sites for hydroxylation is 2. The molecule has 0 fully saturated rings. The summed E-state index contributed by atoms with van der Waals surface area (Å²) in [5, 5.41) is 2.95. The standard InChI is InChI=1S/C18H20N2O/c1-10-5-4-6-13(7-10)16(19)14-8-11(2)17-15(9-14)12(3)18(21)20-17/h4-9,12,16H,19H2,1-3H3,(H,20,21). The Morgan fingerprint density at radius 1 is 1.14 bits per heavy atom. The highest BCUT2D eigenvalue weighted by Crippen LogP contribution is 2.37. The molecule has 0 bridgehead atoms. The lowest BCUT2D eigenvalue weighted by molar-refractivity contribution is -0.116. The van der Waals surface area contributed by atoms with E-state index < -0.39 is 0 Å². The van der Waals surface area contributed by atoms with Gasteiger partial charge in [0.15, 0.2) is 0 Å². The van der Waals surface area contributed by atoms with Crippen LogP contribution in [-0.2, 0) is 4.79 Å². The third-order valence-electron chi connectivity index (χ3n) is 4.26. The van der Waals surface area contributed by atoms with Gasteiger partial charge in [0, 0.05) is 5.69 Å². The number of hydrogen-bond donors (Lipinski definition) is 2. The molecule has 0 saturated carbocycles. The van der Waals surface area contributed by atoms with Gasteiger partial charge in [-0.3, -0.25) is 4.79 Å². The van der Waals surface area contributed by atoms with Crippen LogP contribution >= 0.6 is 0 Å². The first kappa shape index (κ1) is 13.8. The molecule has 1 amide bonds. The van der Waals surface area contributed by atoms with Crippen molar-refractivity contribution in [2.45, 2.75) is 32.7 Å². The molecule has 0 saturated heterocycles. The van der Waals surface area contributed by atoms with Gasteiger partial charge in [0.1, 0.15) is 0 Å². The van der Waals surface area contributed by atoms with Crippen LogP contribution in [0.1, 0.15) is 46.7 Å². The number of carbonyl (C=O) groups excluding carboxylic acids is 1. The Labute approximate surface area is 125 Å². The van der Waals surface area contributed by atoms with E-state index in [2.05, 4.69) is 36.5 Å².